The Kier molecular flexibility index (Phi) is 5.10. The van der Waals surface area contributed by atoms with Crippen LogP contribution in [0.2, 0.25) is 0 Å². The van der Waals surface area contributed by atoms with Crippen molar-refractivity contribution in [2.45, 2.75) is 57.2 Å². The second kappa shape index (κ2) is 6.74. The molecule has 0 bridgehead atoms. The zero-order chi connectivity index (χ0) is 18.0. The lowest BCUT2D eigenvalue weighted by molar-refractivity contribution is -0.139. The molecule has 1 fully saturated rings. The first-order valence-corrected chi connectivity index (χ1v) is 7.62. The SMILES string of the molecule is CC(=O)C1(NC(=O)Cc2cc(C(F)(F)F)c(=O)[nH]n2)CCCCC1. The van der Waals surface area contributed by atoms with E-state index in [2.05, 4.69) is 10.4 Å². The molecule has 1 aliphatic rings. The van der Waals surface area contributed by atoms with E-state index in [0.29, 0.717) is 18.9 Å². The number of H-pyrrole nitrogens is 1. The first-order valence-electron chi connectivity index (χ1n) is 7.62. The molecule has 1 aliphatic carbocycles. The fourth-order valence-electron chi connectivity index (χ4n) is 2.94. The normalized spacial score (nSPS) is 17.3. The Bertz CT molecular complexity index is 691. The van der Waals surface area contributed by atoms with Crippen LogP contribution in [0.5, 0.6) is 0 Å². The largest absolute Gasteiger partial charge is 0.421 e. The molecule has 1 amide bonds. The Hall–Kier alpha value is -2.19. The minimum Gasteiger partial charge on any atom is -0.343 e. The van der Waals surface area contributed by atoms with Gasteiger partial charge in [-0.3, -0.25) is 14.4 Å². The summed E-state index contributed by atoms with van der Waals surface area (Å²) in [5, 5.41) is 7.87. The maximum atomic E-state index is 12.7. The molecular formula is C15H18F3N3O3. The summed E-state index contributed by atoms with van der Waals surface area (Å²) in [4.78, 5) is 35.2. The van der Waals surface area contributed by atoms with Crippen LogP contribution in [0, 0.1) is 0 Å². The number of nitrogens with zero attached hydrogens (tertiary/aromatic N) is 1. The van der Waals surface area contributed by atoms with Crippen LogP contribution in [-0.4, -0.2) is 27.4 Å². The fourth-order valence-corrected chi connectivity index (χ4v) is 2.94. The Morgan fingerprint density at radius 3 is 2.46 bits per heavy atom. The number of alkyl halides is 3. The zero-order valence-electron chi connectivity index (χ0n) is 13.1. The monoisotopic (exact) mass is 345 g/mol. The predicted octanol–water partition coefficient (Wildman–Crippen LogP) is 1.74. The maximum absolute atomic E-state index is 12.7. The van der Waals surface area contributed by atoms with E-state index in [0.717, 1.165) is 19.3 Å². The first kappa shape index (κ1) is 18.2. The Balaban J connectivity index is 2.15. The molecule has 0 unspecified atom stereocenters. The van der Waals surface area contributed by atoms with Gasteiger partial charge in [-0.1, -0.05) is 19.3 Å². The summed E-state index contributed by atoms with van der Waals surface area (Å²) >= 11 is 0. The van der Waals surface area contributed by atoms with E-state index in [4.69, 9.17) is 0 Å². The van der Waals surface area contributed by atoms with E-state index in [1.165, 1.54) is 6.92 Å². The van der Waals surface area contributed by atoms with Gasteiger partial charge in [0, 0.05) is 0 Å². The van der Waals surface area contributed by atoms with Crippen molar-refractivity contribution in [2.24, 2.45) is 0 Å². The van der Waals surface area contributed by atoms with Crippen LogP contribution in [0.1, 0.15) is 50.3 Å². The van der Waals surface area contributed by atoms with Crippen molar-refractivity contribution < 1.29 is 22.8 Å². The predicted molar refractivity (Wildman–Crippen MR) is 78.2 cm³/mol. The molecule has 0 spiro atoms. The lowest BCUT2D eigenvalue weighted by Crippen LogP contribution is -2.55. The summed E-state index contributed by atoms with van der Waals surface area (Å²) in [6, 6.07) is 0.555. The molecule has 1 aromatic rings. The molecular weight excluding hydrogens is 327 g/mol. The summed E-state index contributed by atoms with van der Waals surface area (Å²) in [7, 11) is 0. The summed E-state index contributed by atoms with van der Waals surface area (Å²) < 4.78 is 38.1. The average Bonchev–Trinajstić information content (AvgIpc) is 2.48. The van der Waals surface area contributed by atoms with Crippen LogP contribution in [0.15, 0.2) is 10.9 Å². The third kappa shape index (κ3) is 4.01. The highest BCUT2D eigenvalue weighted by Crippen LogP contribution is 2.29. The standard InChI is InChI=1S/C15H18F3N3O3/c1-9(22)14(5-3-2-4-6-14)19-12(23)8-10-7-11(15(16,17)18)13(24)21-20-10/h7H,2-6,8H2,1H3,(H,19,23)(H,21,24). The Morgan fingerprint density at radius 1 is 1.29 bits per heavy atom. The smallest absolute Gasteiger partial charge is 0.343 e. The van der Waals surface area contributed by atoms with E-state index < -0.39 is 35.2 Å². The van der Waals surface area contributed by atoms with Gasteiger partial charge in [0.05, 0.1) is 17.7 Å². The van der Waals surface area contributed by atoms with E-state index in [1.807, 2.05) is 0 Å². The van der Waals surface area contributed by atoms with Gasteiger partial charge in [0.15, 0.2) is 5.78 Å². The lowest BCUT2D eigenvalue weighted by atomic mass is 9.79. The number of carbonyl (C=O) groups is 2. The molecule has 24 heavy (non-hydrogen) atoms. The van der Waals surface area contributed by atoms with Crippen molar-refractivity contribution in [1.82, 2.24) is 15.5 Å². The van der Waals surface area contributed by atoms with Crippen molar-refractivity contribution in [1.29, 1.82) is 0 Å². The molecule has 0 radical (unpaired) electrons. The number of halogens is 3. The third-order valence-electron chi connectivity index (χ3n) is 4.26. The first-order chi connectivity index (χ1) is 11.1. The molecule has 132 valence electrons. The highest BCUT2D eigenvalue weighted by molar-refractivity contribution is 5.91. The van der Waals surface area contributed by atoms with E-state index in [-0.39, 0.29) is 11.5 Å². The van der Waals surface area contributed by atoms with Crippen molar-refractivity contribution >= 4 is 11.7 Å². The van der Waals surface area contributed by atoms with Gasteiger partial charge in [-0.15, -0.1) is 0 Å². The molecule has 0 saturated heterocycles. The molecule has 2 rings (SSSR count). The summed E-state index contributed by atoms with van der Waals surface area (Å²) in [6.07, 6.45) is -1.67. The third-order valence-corrected chi connectivity index (χ3v) is 4.26. The Morgan fingerprint density at radius 2 is 1.92 bits per heavy atom. The summed E-state index contributed by atoms with van der Waals surface area (Å²) in [6.45, 7) is 1.39. The minimum atomic E-state index is -4.83. The topological polar surface area (TPSA) is 91.9 Å². The van der Waals surface area contributed by atoms with Crippen molar-refractivity contribution in [3.05, 3.63) is 27.7 Å². The van der Waals surface area contributed by atoms with Gasteiger partial charge in [0.25, 0.3) is 5.56 Å². The second-order valence-corrected chi connectivity index (χ2v) is 6.02. The zero-order valence-corrected chi connectivity index (χ0v) is 13.1. The lowest BCUT2D eigenvalue weighted by Gasteiger charge is -2.35. The van der Waals surface area contributed by atoms with E-state index >= 15 is 0 Å². The summed E-state index contributed by atoms with van der Waals surface area (Å²) in [5.74, 6) is -0.763. The van der Waals surface area contributed by atoms with Crippen molar-refractivity contribution in [3.8, 4) is 0 Å². The molecule has 2 N–H and O–H groups in total. The number of hydrogen-bond acceptors (Lipinski definition) is 4. The Labute approximate surface area is 135 Å². The molecule has 1 aromatic heterocycles. The van der Waals surface area contributed by atoms with Crippen LogP contribution >= 0.6 is 0 Å². The van der Waals surface area contributed by atoms with Gasteiger partial charge >= 0.3 is 6.18 Å². The van der Waals surface area contributed by atoms with Crippen LogP contribution in [0.25, 0.3) is 0 Å². The maximum Gasteiger partial charge on any atom is 0.421 e. The summed E-state index contributed by atoms with van der Waals surface area (Å²) in [5.41, 5.74) is -3.93. The van der Waals surface area contributed by atoms with Gasteiger partial charge in [0.2, 0.25) is 5.91 Å². The van der Waals surface area contributed by atoms with Gasteiger partial charge in [-0.05, 0) is 25.8 Å². The number of hydrogen-bond donors (Lipinski definition) is 2. The molecule has 0 atom stereocenters. The second-order valence-electron chi connectivity index (χ2n) is 6.02. The molecule has 0 aliphatic heterocycles. The molecule has 9 heteroatoms. The minimum absolute atomic E-state index is 0.166. The number of aromatic amines is 1. The number of nitrogens with one attached hydrogen (secondary N) is 2. The highest BCUT2D eigenvalue weighted by Gasteiger charge is 2.38. The van der Waals surface area contributed by atoms with Gasteiger partial charge in [-0.2, -0.15) is 18.3 Å². The van der Waals surface area contributed by atoms with Crippen LogP contribution in [0.4, 0.5) is 13.2 Å². The number of rotatable bonds is 4. The van der Waals surface area contributed by atoms with Crippen LogP contribution in [0.3, 0.4) is 0 Å². The van der Waals surface area contributed by atoms with Gasteiger partial charge in [0.1, 0.15) is 5.56 Å². The van der Waals surface area contributed by atoms with E-state index in [9.17, 15) is 27.6 Å². The van der Waals surface area contributed by atoms with Gasteiger partial charge in [-0.25, -0.2) is 5.10 Å². The quantitative estimate of drug-likeness (QED) is 0.869. The number of aromatic nitrogens is 2. The van der Waals surface area contributed by atoms with Gasteiger partial charge < -0.3 is 5.32 Å². The van der Waals surface area contributed by atoms with Crippen LogP contribution < -0.4 is 10.9 Å². The molecule has 0 aromatic carbocycles. The average molecular weight is 345 g/mol. The van der Waals surface area contributed by atoms with Crippen molar-refractivity contribution in [2.75, 3.05) is 0 Å². The highest BCUT2D eigenvalue weighted by atomic mass is 19.4. The number of ketones is 1. The van der Waals surface area contributed by atoms with Crippen molar-refractivity contribution in [3.63, 3.8) is 0 Å². The molecule has 1 saturated carbocycles. The molecule has 6 nitrogen and oxygen atoms in total. The van der Waals surface area contributed by atoms with E-state index in [1.54, 1.807) is 5.10 Å². The number of carbonyl (C=O) groups excluding carboxylic acids is 2. The molecule has 1 heterocycles. The van der Waals surface area contributed by atoms with Crippen LogP contribution in [-0.2, 0) is 22.2 Å². The number of amides is 1. The fraction of sp³-hybridized carbons (Fsp3) is 0.600. The number of Topliss-reactive ketones (excluding diaryl/α,β-unsaturated/α-hetero) is 1.